The quantitative estimate of drug-likeness (QED) is 0.207. The van der Waals surface area contributed by atoms with Crippen molar-refractivity contribution in [3.8, 4) is 22.8 Å². The number of anilines is 2. The number of rotatable bonds is 13. The molecule has 1 N–H and O–H groups in total. The summed E-state index contributed by atoms with van der Waals surface area (Å²) >= 11 is 6.45. The van der Waals surface area contributed by atoms with Gasteiger partial charge in [-0.3, -0.25) is 9.58 Å². The summed E-state index contributed by atoms with van der Waals surface area (Å²) in [5, 5.41) is 19.7. The average Bonchev–Trinajstić information content (AvgIpc) is 3.75. The molecule has 3 aromatic heterocycles. The number of benzene rings is 1. The summed E-state index contributed by atoms with van der Waals surface area (Å²) in [5.74, 6) is 1.09. The van der Waals surface area contributed by atoms with E-state index in [4.69, 9.17) is 30.9 Å². The van der Waals surface area contributed by atoms with Gasteiger partial charge in [-0.15, -0.1) is 10.2 Å². The van der Waals surface area contributed by atoms with Gasteiger partial charge in [-0.05, 0) is 73.6 Å². The fraction of sp³-hybridized carbons (Fsp3) is 0.576. The van der Waals surface area contributed by atoms with E-state index in [0.29, 0.717) is 53.0 Å². The normalized spacial score (nSPS) is 23.3. The molecule has 50 heavy (non-hydrogen) atoms. The number of hydrogen-bond donors (Lipinski definition) is 1. The Labute approximate surface area is 296 Å². The first-order chi connectivity index (χ1) is 24.2. The van der Waals surface area contributed by atoms with Crippen molar-refractivity contribution in [1.82, 2.24) is 44.9 Å². The molecule has 0 spiro atoms. The van der Waals surface area contributed by atoms with Gasteiger partial charge in [-0.2, -0.15) is 0 Å². The number of nitrogens with zero attached hydrogens (tertiary/aromatic N) is 9. The Morgan fingerprint density at radius 3 is 2.46 bits per heavy atom. The zero-order chi connectivity index (χ0) is 34.7. The maximum absolute atomic E-state index is 11.8. The Morgan fingerprint density at radius 1 is 1.02 bits per heavy atom. The van der Waals surface area contributed by atoms with Crippen LogP contribution in [0.5, 0.6) is 11.6 Å². The highest BCUT2D eigenvalue weighted by Crippen LogP contribution is 2.39. The van der Waals surface area contributed by atoms with Crippen molar-refractivity contribution in [3.63, 3.8) is 0 Å². The molecular weight excluding hydrogens is 684 g/mol. The topological polar surface area (TPSA) is 164 Å². The van der Waals surface area contributed by atoms with Gasteiger partial charge in [0, 0.05) is 42.3 Å². The van der Waals surface area contributed by atoms with Gasteiger partial charge in [-0.1, -0.05) is 24.1 Å². The number of nitrogens with one attached hydrogen (secondary N) is 1. The number of aromatic nitrogens is 8. The Bertz CT molecular complexity index is 1810. The average molecular weight is 727 g/mol. The van der Waals surface area contributed by atoms with Crippen LogP contribution in [0.3, 0.4) is 0 Å². The number of ether oxygens (including phenoxy) is 3. The van der Waals surface area contributed by atoms with E-state index in [9.17, 15) is 8.42 Å². The third-order valence-corrected chi connectivity index (χ3v) is 10.9. The number of fused-ring (bicyclic) bond motifs is 2. The zero-order valence-corrected chi connectivity index (χ0v) is 29.8. The summed E-state index contributed by atoms with van der Waals surface area (Å²) in [7, 11) is -3.20. The predicted molar refractivity (Wildman–Crippen MR) is 186 cm³/mol. The number of halogens is 1. The fourth-order valence-corrected chi connectivity index (χ4v) is 7.89. The fourth-order valence-electron chi connectivity index (χ4n) is 7.34. The summed E-state index contributed by atoms with van der Waals surface area (Å²) in [6.45, 7) is 4.06. The van der Waals surface area contributed by atoms with E-state index >= 15 is 0 Å². The van der Waals surface area contributed by atoms with Crippen LogP contribution in [0.1, 0.15) is 57.9 Å². The van der Waals surface area contributed by atoms with Crippen LogP contribution in [0, 0.1) is 0 Å². The van der Waals surface area contributed by atoms with Crippen molar-refractivity contribution >= 4 is 33.1 Å². The highest BCUT2D eigenvalue weighted by Gasteiger charge is 2.40. The van der Waals surface area contributed by atoms with Gasteiger partial charge in [0.15, 0.2) is 9.84 Å². The lowest BCUT2D eigenvalue weighted by molar-refractivity contribution is -0.100. The molecule has 2 bridgehead atoms. The van der Waals surface area contributed by atoms with Crippen LogP contribution < -0.4 is 14.8 Å². The summed E-state index contributed by atoms with van der Waals surface area (Å²) in [4.78, 5) is 11.9. The molecular formula is C33H43ClN10O5S. The maximum Gasteiger partial charge on any atom is 0.256 e. The second-order valence-corrected chi connectivity index (χ2v) is 16.2. The first-order valence-electron chi connectivity index (χ1n) is 17.2. The van der Waals surface area contributed by atoms with Crippen molar-refractivity contribution in [2.45, 2.75) is 88.7 Å². The van der Waals surface area contributed by atoms with Crippen molar-refractivity contribution in [2.24, 2.45) is 0 Å². The lowest BCUT2D eigenvalue weighted by atomic mass is 9.85. The minimum absolute atomic E-state index is 0.00776. The lowest BCUT2D eigenvalue weighted by Gasteiger charge is -2.51. The number of tetrazole rings is 1. The van der Waals surface area contributed by atoms with Gasteiger partial charge in [0.05, 0.1) is 42.8 Å². The van der Waals surface area contributed by atoms with Gasteiger partial charge < -0.3 is 19.5 Å². The monoisotopic (exact) mass is 726 g/mol. The molecule has 0 radical (unpaired) electrons. The lowest BCUT2D eigenvalue weighted by Crippen LogP contribution is -2.59. The molecule has 3 atom stereocenters. The molecule has 3 aliphatic rings. The van der Waals surface area contributed by atoms with Gasteiger partial charge in [-0.25, -0.2) is 23.1 Å². The Kier molecular flexibility index (Phi) is 10.5. The first-order valence-corrected chi connectivity index (χ1v) is 19.6. The SMILES string of the molecule is C[C@@H](Cn1cnnn1)Oc1cc(-c2cnc(Nc3cn([C@H]4CC[C@H](N5[C@@H]6CCC[C@H]5COC6)CC4)nc3OCCS(C)(=O)=O)nc2)ccc1Cl. The Morgan fingerprint density at radius 2 is 1.76 bits per heavy atom. The number of sulfone groups is 1. The van der Waals surface area contributed by atoms with Crippen LogP contribution in [0.2, 0.25) is 5.02 Å². The molecule has 3 fully saturated rings. The van der Waals surface area contributed by atoms with E-state index < -0.39 is 9.84 Å². The van der Waals surface area contributed by atoms with E-state index in [1.165, 1.54) is 31.8 Å². The van der Waals surface area contributed by atoms with Crippen LogP contribution in [0.4, 0.5) is 11.6 Å². The molecule has 2 saturated heterocycles. The van der Waals surface area contributed by atoms with Crippen LogP contribution in [-0.2, 0) is 21.1 Å². The minimum atomic E-state index is -3.20. The van der Waals surface area contributed by atoms with Crippen molar-refractivity contribution in [1.29, 1.82) is 0 Å². The van der Waals surface area contributed by atoms with Crippen LogP contribution in [-0.4, -0.2) is 109 Å². The first kappa shape index (κ1) is 34.6. The largest absolute Gasteiger partial charge is 0.487 e. The standard InChI is InChI=1S/C33H43ClN10O5S/c1-22(17-42-21-37-40-41-42)49-31-14-23(6-11-29(31)34)24-15-35-33(36-16-24)38-30-18-43(39-32(30)48-12-13-50(2,45)46)25-7-9-26(10-8-25)44-27-4-3-5-28(44)20-47-19-27/h6,11,14-16,18,21-22,25-28H,3-5,7-10,12-13,17,19-20H2,1-2H3,(H,35,36,38)/t22-,25-,26-,27-,28+/m0/s1. The van der Waals surface area contributed by atoms with Gasteiger partial charge in [0.2, 0.25) is 5.95 Å². The van der Waals surface area contributed by atoms with E-state index in [2.05, 4.69) is 35.7 Å². The molecule has 2 aliphatic heterocycles. The molecule has 1 aliphatic carbocycles. The van der Waals surface area contributed by atoms with Crippen molar-refractivity contribution in [2.75, 3.05) is 37.1 Å². The molecule has 1 saturated carbocycles. The van der Waals surface area contributed by atoms with Gasteiger partial charge in [0.1, 0.15) is 30.5 Å². The van der Waals surface area contributed by atoms with Crippen LogP contribution >= 0.6 is 11.6 Å². The summed E-state index contributed by atoms with van der Waals surface area (Å²) in [5.41, 5.74) is 2.18. The molecule has 7 rings (SSSR count). The third kappa shape index (κ3) is 8.36. The highest BCUT2D eigenvalue weighted by molar-refractivity contribution is 7.90. The molecule has 5 heterocycles. The minimum Gasteiger partial charge on any atom is -0.487 e. The van der Waals surface area contributed by atoms with Gasteiger partial charge >= 0.3 is 0 Å². The molecule has 0 amide bonds. The smallest absolute Gasteiger partial charge is 0.256 e. The molecule has 0 unspecified atom stereocenters. The van der Waals surface area contributed by atoms with Crippen LogP contribution in [0.25, 0.3) is 11.1 Å². The number of morpholine rings is 1. The van der Waals surface area contributed by atoms with E-state index in [0.717, 1.165) is 50.0 Å². The second kappa shape index (κ2) is 15.2. The number of hydrogen-bond acceptors (Lipinski definition) is 13. The molecule has 15 nitrogen and oxygen atoms in total. The number of piperidine rings is 1. The Hall–Kier alpha value is -3.86. The van der Waals surface area contributed by atoms with Crippen LogP contribution in [0.15, 0.2) is 43.1 Å². The second-order valence-electron chi connectivity index (χ2n) is 13.5. The molecule has 17 heteroatoms. The summed E-state index contributed by atoms with van der Waals surface area (Å²) in [6, 6.07) is 7.36. The predicted octanol–water partition coefficient (Wildman–Crippen LogP) is 4.35. The van der Waals surface area contributed by atoms with Crippen molar-refractivity contribution in [3.05, 3.63) is 48.1 Å². The maximum atomic E-state index is 11.8. The van der Waals surface area contributed by atoms with E-state index in [1.54, 1.807) is 23.1 Å². The Balaban J connectivity index is 1.03. The summed E-state index contributed by atoms with van der Waals surface area (Å²) < 4.78 is 45.1. The van der Waals surface area contributed by atoms with E-state index in [1.807, 2.05) is 29.9 Å². The third-order valence-electron chi connectivity index (χ3n) is 9.72. The highest BCUT2D eigenvalue weighted by atomic mass is 35.5. The van der Waals surface area contributed by atoms with Crippen molar-refractivity contribution < 1.29 is 22.6 Å². The summed E-state index contributed by atoms with van der Waals surface area (Å²) in [6.07, 6.45) is 15.8. The van der Waals surface area contributed by atoms with E-state index in [-0.39, 0.29) is 24.5 Å². The molecule has 4 aromatic rings. The zero-order valence-electron chi connectivity index (χ0n) is 28.3. The molecule has 1 aromatic carbocycles. The van der Waals surface area contributed by atoms with Gasteiger partial charge in [0.25, 0.3) is 5.88 Å². The molecule has 268 valence electrons.